The summed E-state index contributed by atoms with van der Waals surface area (Å²) in [6, 6.07) is 8.83. The molecule has 0 spiro atoms. The predicted molar refractivity (Wildman–Crippen MR) is 77.1 cm³/mol. The van der Waals surface area contributed by atoms with Gasteiger partial charge in [-0.15, -0.1) is 0 Å². The number of hydrogen-bond donors (Lipinski definition) is 3. The number of amides is 1. The van der Waals surface area contributed by atoms with Gasteiger partial charge in [0, 0.05) is 6.42 Å². The average Bonchev–Trinajstić information content (AvgIpc) is 2.45. The molecule has 1 amide bonds. The summed E-state index contributed by atoms with van der Waals surface area (Å²) in [5, 5.41) is 11.5. The summed E-state index contributed by atoms with van der Waals surface area (Å²) in [5.41, 5.74) is 6.75. The van der Waals surface area contributed by atoms with E-state index < -0.39 is 12.0 Å². The largest absolute Gasteiger partial charge is 0.481 e. The van der Waals surface area contributed by atoms with Crippen LogP contribution in [-0.2, 0) is 9.59 Å². The molecule has 0 aliphatic rings. The van der Waals surface area contributed by atoms with Crippen molar-refractivity contribution in [3.8, 4) is 0 Å². The maximum Gasteiger partial charge on any atom is 0.303 e. The van der Waals surface area contributed by atoms with Crippen LogP contribution < -0.4 is 11.1 Å². The molecule has 0 saturated carbocycles. The maximum atomic E-state index is 12.0. The molecule has 0 aromatic heterocycles. The number of benzene rings is 1. The number of carbonyl (C=O) groups is 2. The normalized spacial score (nSPS) is 13.5. The quantitative estimate of drug-likeness (QED) is 0.676. The van der Waals surface area contributed by atoms with Gasteiger partial charge in [0.15, 0.2) is 0 Å². The lowest BCUT2D eigenvalue weighted by Crippen LogP contribution is -2.42. The van der Waals surface area contributed by atoms with Crippen LogP contribution in [0.15, 0.2) is 30.3 Å². The van der Waals surface area contributed by atoms with E-state index in [1.165, 1.54) is 0 Å². The van der Waals surface area contributed by atoms with E-state index in [0.29, 0.717) is 0 Å². The monoisotopic (exact) mass is 278 g/mol. The topological polar surface area (TPSA) is 92.4 Å². The Hall–Kier alpha value is -1.88. The van der Waals surface area contributed by atoms with E-state index in [1.807, 2.05) is 37.3 Å². The zero-order valence-electron chi connectivity index (χ0n) is 11.7. The van der Waals surface area contributed by atoms with Crippen molar-refractivity contribution in [2.45, 2.75) is 44.7 Å². The Balaban J connectivity index is 2.61. The number of aliphatic carboxylic acids is 1. The molecule has 0 bridgehead atoms. The van der Waals surface area contributed by atoms with Gasteiger partial charge in [0.1, 0.15) is 0 Å². The van der Waals surface area contributed by atoms with Crippen LogP contribution in [-0.4, -0.2) is 23.0 Å². The highest BCUT2D eigenvalue weighted by atomic mass is 16.4. The number of rotatable bonds is 8. The summed E-state index contributed by atoms with van der Waals surface area (Å²) in [6.45, 7) is 2.05. The van der Waals surface area contributed by atoms with Crippen molar-refractivity contribution in [2.75, 3.05) is 0 Å². The van der Waals surface area contributed by atoms with Crippen molar-refractivity contribution in [3.63, 3.8) is 0 Å². The van der Waals surface area contributed by atoms with Crippen molar-refractivity contribution < 1.29 is 14.7 Å². The molecule has 1 aromatic carbocycles. The van der Waals surface area contributed by atoms with Crippen molar-refractivity contribution >= 4 is 11.9 Å². The lowest BCUT2D eigenvalue weighted by Gasteiger charge is -2.21. The fourth-order valence-corrected chi connectivity index (χ4v) is 1.99. The van der Waals surface area contributed by atoms with Gasteiger partial charge in [0.2, 0.25) is 5.91 Å². The Kier molecular flexibility index (Phi) is 6.73. The molecule has 4 N–H and O–H groups in total. The summed E-state index contributed by atoms with van der Waals surface area (Å²) >= 11 is 0. The second kappa shape index (κ2) is 8.32. The summed E-state index contributed by atoms with van der Waals surface area (Å²) in [5.74, 6) is -1.24. The summed E-state index contributed by atoms with van der Waals surface area (Å²) in [7, 11) is 0. The minimum Gasteiger partial charge on any atom is -0.481 e. The second-order valence-electron chi connectivity index (χ2n) is 4.80. The minimum atomic E-state index is -0.943. The number of nitrogens with two attached hydrogens (primary N) is 1. The van der Waals surface area contributed by atoms with E-state index >= 15 is 0 Å². The minimum absolute atomic E-state index is 0.0791. The fraction of sp³-hybridized carbons (Fsp3) is 0.467. The lowest BCUT2D eigenvalue weighted by molar-refractivity contribution is -0.137. The number of nitrogens with one attached hydrogen (secondary N) is 1. The molecule has 2 unspecified atom stereocenters. The second-order valence-corrected chi connectivity index (χ2v) is 4.80. The third-order valence-electron chi connectivity index (χ3n) is 3.10. The third kappa shape index (κ3) is 5.40. The molecular weight excluding hydrogens is 256 g/mol. The zero-order chi connectivity index (χ0) is 15.0. The van der Waals surface area contributed by atoms with E-state index in [1.54, 1.807) is 0 Å². The van der Waals surface area contributed by atoms with Crippen molar-refractivity contribution in [2.24, 2.45) is 5.73 Å². The molecule has 1 aromatic rings. The molecule has 5 heteroatoms. The molecule has 20 heavy (non-hydrogen) atoms. The molecule has 2 atom stereocenters. The van der Waals surface area contributed by atoms with E-state index in [-0.39, 0.29) is 24.8 Å². The van der Waals surface area contributed by atoms with Crippen molar-refractivity contribution in [1.29, 1.82) is 0 Å². The van der Waals surface area contributed by atoms with Gasteiger partial charge in [-0.1, -0.05) is 43.7 Å². The van der Waals surface area contributed by atoms with Gasteiger partial charge in [-0.25, -0.2) is 0 Å². The Morgan fingerprint density at radius 2 is 1.90 bits per heavy atom. The van der Waals surface area contributed by atoms with E-state index in [2.05, 4.69) is 5.32 Å². The summed E-state index contributed by atoms with van der Waals surface area (Å²) in [4.78, 5) is 22.5. The van der Waals surface area contributed by atoms with Crippen LogP contribution in [0.1, 0.15) is 44.2 Å². The highest BCUT2D eigenvalue weighted by Crippen LogP contribution is 2.18. The molecule has 0 radical (unpaired) electrons. The Bertz CT molecular complexity index is 434. The van der Waals surface area contributed by atoms with Crippen LogP contribution in [0.5, 0.6) is 0 Å². The molecular formula is C15H22N2O3. The van der Waals surface area contributed by atoms with Gasteiger partial charge in [0.05, 0.1) is 12.1 Å². The highest BCUT2D eigenvalue weighted by Gasteiger charge is 2.19. The molecule has 0 aliphatic carbocycles. The van der Waals surface area contributed by atoms with Crippen molar-refractivity contribution in [1.82, 2.24) is 5.32 Å². The SMILES string of the molecule is CCCC(NC(=O)C(N)CCC(=O)O)c1ccccc1. The van der Waals surface area contributed by atoms with E-state index in [4.69, 9.17) is 10.8 Å². The molecule has 110 valence electrons. The molecule has 0 heterocycles. The van der Waals surface area contributed by atoms with Crippen LogP contribution in [0.25, 0.3) is 0 Å². The Morgan fingerprint density at radius 1 is 1.25 bits per heavy atom. The van der Waals surface area contributed by atoms with Gasteiger partial charge >= 0.3 is 5.97 Å². The van der Waals surface area contributed by atoms with Gasteiger partial charge in [-0.3, -0.25) is 9.59 Å². The first-order valence-corrected chi connectivity index (χ1v) is 6.87. The zero-order valence-corrected chi connectivity index (χ0v) is 11.7. The van der Waals surface area contributed by atoms with Gasteiger partial charge in [0.25, 0.3) is 0 Å². The Morgan fingerprint density at radius 3 is 2.45 bits per heavy atom. The van der Waals surface area contributed by atoms with Crippen molar-refractivity contribution in [3.05, 3.63) is 35.9 Å². The standard InChI is InChI=1S/C15H22N2O3/c1-2-6-13(11-7-4-3-5-8-11)17-15(20)12(16)9-10-14(18)19/h3-5,7-8,12-13H,2,6,9-10,16H2,1H3,(H,17,20)(H,18,19). The summed E-state index contributed by atoms with van der Waals surface area (Å²) in [6.07, 6.45) is 1.80. The number of carboxylic acids is 1. The highest BCUT2D eigenvalue weighted by molar-refractivity contribution is 5.82. The molecule has 0 fully saturated rings. The molecule has 0 aliphatic heterocycles. The number of hydrogen-bond acceptors (Lipinski definition) is 3. The fourth-order valence-electron chi connectivity index (χ4n) is 1.99. The molecule has 1 rings (SSSR count). The maximum absolute atomic E-state index is 12.0. The summed E-state index contributed by atoms with van der Waals surface area (Å²) < 4.78 is 0. The van der Waals surface area contributed by atoms with Crippen LogP contribution >= 0.6 is 0 Å². The van der Waals surface area contributed by atoms with Crippen LogP contribution in [0.2, 0.25) is 0 Å². The van der Waals surface area contributed by atoms with Gasteiger partial charge in [-0.05, 0) is 18.4 Å². The van der Waals surface area contributed by atoms with Gasteiger partial charge < -0.3 is 16.2 Å². The van der Waals surface area contributed by atoms with E-state index in [0.717, 1.165) is 18.4 Å². The van der Waals surface area contributed by atoms with Crippen LogP contribution in [0.3, 0.4) is 0 Å². The number of carboxylic acid groups (broad SMARTS) is 1. The molecule has 5 nitrogen and oxygen atoms in total. The van der Waals surface area contributed by atoms with E-state index in [9.17, 15) is 9.59 Å². The van der Waals surface area contributed by atoms with Crippen LogP contribution in [0, 0.1) is 0 Å². The molecule has 0 saturated heterocycles. The first-order valence-electron chi connectivity index (χ1n) is 6.87. The van der Waals surface area contributed by atoms with Gasteiger partial charge in [-0.2, -0.15) is 0 Å². The third-order valence-corrected chi connectivity index (χ3v) is 3.10. The van der Waals surface area contributed by atoms with Crippen LogP contribution in [0.4, 0.5) is 0 Å². The first kappa shape index (κ1) is 16.2. The average molecular weight is 278 g/mol. The lowest BCUT2D eigenvalue weighted by atomic mass is 10.0. The first-order chi connectivity index (χ1) is 9.54. The number of carbonyl (C=O) groups excluding carboxylic acids is 1. The predicted octanol–water partition coefficient (Wildman–Crippen LogP) is 1.84. The smallest absolute Gasteiger partial charge is 0.303 e. The Labute approximate surface area is 119 Å².